The first-order valence-corrected chi connectivity index (χ1v) is 7.06. The van der Waals surface area contributed by atoms with Crippen molar-refractivity contribution in [2.24, 2.45) is 5.41 Å². The van der Waals surface area contributed by atoms with Crippen molar-refractivity contribution in [3.05, 3.63) is 0 Å². The smallest absolute Gasteiger partial charge is 0.311 e. The molecular weight excluding hydrogens is 294 g/mol. The summed E-state index contributed by atoms with van der Waals surface area (Å²) in [5, 5.41) is 22.7. The molecule has 128 valence electrons. The Hall–Kier alpha value is -1.22. The molecule has 1 fully saturated rings. The quantitative estimate of drug-likeness (QED) is 0.580. The van der Waals surface area contributed by atoms with Gasteiger partial charge in [-0.15, -0.1) is 0 Å². The monoisotopic (exact) mass is 319 g/mol. The van der Waals surface area contributed by atoms with Gasteiger partial charge in [0.25, 0.3) is 0 Å². The van der Waals surface area contributed by atoms with Gasteiger partial charge < -0.3 is 29.7 Å². The Morgan fingerprint density at radius 3 is 2.32 bits per heavy atom. The molecule has 3 N–H and O–H groups in total. The van der Waals surface area contributed by atoms with Crippen LogP contribution >= 0.6 is 0 Å². The van der Waals surface area contributed by atoms with E-state index in [1.807, 2.05) is 0 Å². The van der Waals surface area contributed by atoms with Gasteiger partial charge in [-0.1, -0.05) is 0 Å². The molecule has 1 aliphatic rings. The third kappa shape index (κ3) is 4.64. The average Bonchev–Trinajstić information content (AvgIpc) is 2.37. The molecule has 22 heavy (non-hydrogen) atoms. The van der Waals surface area contributed by atoms with E-state index in [2.05, 4.69) is 5.32 Å². The molecule has 1 heterocycles. The standard InChI is InChI=1S/C14H25NO7/c1-7(16)15-9-10(17)11(22-13(19)14(2,3)4)8(6-20-5)21-12(9)18/h8-12,17-18H,6H2,1-5H3,(H,15,16)/t8-,9-,10-,11+,12-/m1/s1. The molecule has 0 aliphatic carbocycles. The lowest BCUT2D eigenvalue weighted by molar-refractivity contribution is -0.263. The third-order valence-corrected chi connectivity index (χ3v) is 3.25. The van der Waals surface area contributed by atoms with E-state index in [-0.39, 0.29) is 6.61 Å². The van der Waals surface area contributed by atoms with Crippen molar-refractivity contribution in [2.45, 2.75) is 58.3 Å². The molecule has 0 aromatic rings. The minimum absolute atomic E-state index is 0.0169. The fourth-order valence-corrected chi connectivity index (χ4v) is 2.07. The summed E-state index contributed by atoms with van der Waals surface area (Å²) >= 11 is 0. The van der Waals surface area contributed by atoms with Gasteiger partial charge in [-0.3, -0.25) is 9.59 Å². The van der Waals surface area contributed by atoms with Crippen LogP contribution in [0.15, 0.2) is 0 Å². The molecule has 8 nitrogen and oxygen atoms in total. The van der Waals surface area contributed by atoms with Crippen LogP contribution in [-0.2, 0) is 23.8 Å². The van der Waals surface area contributed by atoms with E-state index in [4.69, 9.17) is 14.2 Å². The summed E-state index contributed by atoms with van der Waals surface area (Å²) in [6.45, 7) is 6.30. The lowest BCUT2D eigenvalue weighted by Gasteiger charge is -2.42. The third-order valence-electron chi connectivity index (χ3n) is 3.25. The summed E-state index contributed by atoms with van der Waals surface area (Å²) < 4.78 is 15.6. The molecule has 0 spiro atoms. The van der Waals surface area contributed by atoms with Gasteiger partial charge in [-0.2, -0.15) is 0 Å². The molecule has 1 saturated heterocycles. The maximum atomic E-state index is 12.1. The number of aliphatic hydroxyl groups is 2. The number of rotatable bonds is 4. The second-order valence-electron chi connectivity index (χ2n) is 6.36. The zero-order valence-electron chi connectivity index (χ0n) is 13.5. The number of hydrogen-bond donors (Lipinski definition) is 3. The second-order valence-corrected chi connectivity index (χ2v) is 6.36. The number of amides is 1. The molecule has 1 aliphatic heterocycles. The fraction of sp³-hybridized carbons (Fsp3) is 0.857. The predicted octanol–water partition coefficient (Wildman–Crippen LogP) is -0.826. The molecular formula is C14H25NO7. The van der Waals surface area contributed by atoms with Crippen molar-refractivity contribution in [2.75, 3.05) is 13.7 Å². The SMILES string of the molecule is COC[C@H]1O[C@@H](O)[C@H](NC(C)=O)[C@@H](O)[C@H]1OC(=O)C(C)(C)C. The summed E-state index contributed by atoms with van der Waals surface area (Å²) in [6, 6.07) is -1.09. The van der Waals surface area contributed by atoms with Crippen molar-refractivity contribution >= 4 is 11.9 Å². The van der Waals surface area contributed by atoms with Crippen LogP contribution in [0.1, 0.15) is 27.7 Å². The summed E-state index contributed by atoms with van der Waals surface area (Å²) in [4.78, 5) is 23.2. The predicted molar refractivity (Wildman–Crippen MR) is 75.7 cm³/mol. The van der Waals surface area contributed by atoms with Gasteiger partial charge in [0.15, 0.2) is 12.4 Å². The normalized spacial score (nSPS) is 32.4. The largest absolute Gasteiger partial charge is 0.456 e. The van der Waals surface area contributed by atoms with E-state index in [9.17, 15) is 19.8 Å². The summed E-state index contributed by atoms with van der Waals surface area (Å²) in [6.07, 6.45) is -4.65. The van der Waals surface area contributed by atoms with Crippen LogP contribution in [0.3, 0.4) is 0 Å². The van der Waals surface area contributed by atoms with E-state index >= 15 is 0 Å². The minimum Gasteiger partial charge on any atom is -0.456 e. The Balaban J connectivity index is 2.94. The number of carbonyl (C=O) groups is 2. The molecule has 1 rings (SSSR count). The van der Waals surface area contributed by atoms with Gasteiger partial charge in [0.1, 0.15) is 18.2 Å². The van der Waals surface area contributed by atoms with Gasteiger partial charge in [0.05, 0.1) is 12.0 Å². The average molecular weight is 319 g/mol. The van der Waals surface area contributed by atoms with Crippen molar-refractivity contribution in [1.82, 2.24) is 5.32 Å². The van der Waals surface area contributed by atoms with Crippen molar-refractivity contribution in [3.8, 4) is 0 Å². The van der Waals surface area contributed by atoms with Gasteiger partial charge >= 0.3 is 5.97 Å². The molecule has 1 amide bonds. The molecule has 0 aromatic carbocycles. The molecule has 0 aromatic heterocycles. The number of methoxy groups -OCH3 is 1. The number of hydrogen-bond acceptors (Lipinski definition) is 7. The number of carbonyl (C=O) groups excluding carboxylic acids is 2. The minimum atomic E-state index is -1.43. The van der Waals surface area contributed by atoms with E-state index < -0.39 is 47.9 Å². The molecule has 0 radical (unpaired) electrons. The van der Waals surface area contributed by atoms with Crippen molar-refractivity contribution < 1.29 is 34.0 Å². The summed E-state index contributed by atoms with van der Waals surface area (Å²) in [5.41, 5.74) is -0.767. The lowest BCUT2D eigenvalue weighted by atomic mass is 9.94. The zero-order valence-corrected chi connectivity index (χ0v) is 13.5. The van der Waals surface area contributed by atoms with E-state index in [1.54, 1.807) is 20.8 Å². The second kappa shape index (κ2) is 7.36. The lowest BCUT2D eigenvalue weighted by Crippen LogP contribution is -2.65. The van der Waals surface area contributed by atoms with E-state index in [0.717, 1.165) is 0 Å². The van der Waals surface area contributed by atoms with Crippen LogP contribution in [0, 0.1) is 5.41 Å². The first-order chi connectivity index (χ1) is 10.1. The number of aliphatic hydroxyl groups excluding tert-OH is 2. The molecule has 0 unspecified atom stereocenters. The maximum Gasteiger partial charge on any atom is 0.311 e. The van der Waals surface area contributed by atoms with E-state index in [0.29, 0.717) is 0 Å². The van der Waals surface area contributed by atoms with Gasteiger partial charge in [-0.05, 0) is 20.8 Å². The Labute approximate surface area is 129 Å². The first kappa shape index (κ1) is 18.8. The number of ether oxygens (including phenoxy) is 3. The van der Waals surface area contributed by atoms with Crippen LogP contribution in [0.4, 0.5) is 0 Å². The molecule has 5 atom stereocenters. The fourth-order valence-electron chi connectivity index (χ4n) is 2.07. The van der Waals surface area contributed by atoms with E-state index in [1.165, 1.54) is 14.0 Å². The maximum absolute atomic E-state index is 12.1. The van der Waals surface area contributed by atoms with Gasteiger partial charge in [0.2, 0.25) is 5.91 Å². The van der Waals surface area contributed by atoms with Crippen LogP contribution in [0.2, 0.25) is 0 Å². The Bertz CT molecular complexity index is 406. The zero-order chi connectivity index (χ0) is 17.1. The van der Waals surface area contributed by atoms with Crippen LogP contribution in [-0.4, -0.2) is 66.4 Å². The highest BCUT2D eigenvalue weighted by atomic mass is 16.7. The Kier molecular flexibility index (Phi) is 6.30. The summed E-state index contributed by atoms with van der Waals surface area (Å²) in [5.74, 6) is -0.975. The topological polar surface area (TPSA) is 114 Å². The highest BCUT2D eigenvalue weighted by Gasteiger charge is 2.48. The van der Waals surface area contributed by atoms with Gasteiger partial charge in [-0.25, -0.2) is 0 Å². The van der Waals surface area contributed by atoms with Crippen LogP contribution in [0.25, 0.3) is 0 Å². The Morgan fingerprint density at radius 1 is 1.27 bits per heavy atom. The highest BCUT2D eigenvalue weighted by molar-refractivity contribution is 5.75. The van der Waals surface area contributed by atoms with Crippen LogP contribution in [0.5, 0.6) is 0 Å². The number of nitrogens with one attached hydrogen (secondary N) is 1. The van der Waals surface area contributed by atoms with Crippen LogP contribution < -0.4 is 5.32 Å². The Morgan fingerprint density at radius 2 is 1.86 bits per heavy atom. The summed E-state index contributed by atoms with van der Waals surface area (Å²) in [7, 11) is 1.42. The van der Waals surface area contributed by atoms with Crippen molar-refractivity contribution in [3.63, 3.8) is 0 Å². The van der Waals surface area contributed by atoms with Crippen molar-refractivity contribution in [1.29, 1.82) is 0 Å². The molecule has 8 heteroatoms. The molecule has 0 bridgehead atoms. The highest BCUT2D eigenvalue weighted by Crippen LogP contribution is 2.26. The number of esters is 1. The molecule has 0 saturated carbocycles. The van der Waals surface area contributed by atoms with Gasteiger partial charge in [0, 0.05) is 14.0 Å². The first-order valence-electron chi connectivity index (χ1n) is 7.06.